The van der Waals surface area contributed by atoms with Crippen molar-refractivity contribution in [3.63, 3.8) is 0 Å². The molecule has 176 valence electrons. The zero-order chi connectivity index (χ0) is 23.6. The molecule has 0 atom stereocenters. The van der Waals surface area contributed by atoms with Crippen LogP contribution in [-0.2, 0) is 11.3 Å². The Morgan fingerprint density at radius 2 is 1.85 bits per heavy atom. The van der Waals surface area contributed by atoms with Crippen LogP contribution in [0.15, 0.2) is 54.6 Å². The molecule has 0 bridgehead atoms. The molecule has 2 N–H and O–H groups in total. The Labute approximate surface area is 199 Å². The maximum Gasteiger partial charge on any atom is 0.335 e. The van der Waals surface area contributed by atoms with Crippen molar-refractivity contribution in [3.05, 3.63) is 71.3 Å². The highest BCUT2D eigenvalue weighted by Gasteiger charge is 2.25. The number of ether oxygens (including phenoxy) is 1. The van der Waals surface area contributed by atoms with E-state index in [1.165, 1.54) is 12.0 Å². The Bertz CT molecular complexity index is 972. The molecule has 2 amide bonds. The fourth-order valence-electron chi connectivity index (χ4n) is 3.89. The highest BCUT2D eigenvalue weighted by Crippen LogP contribution is 2.27. The fourth-order valence-corrected chi connectivity index (χ4v) is 3.89. The number of morpholine rings is 1. The number of aromatic carboxylic acids is 1. The number of carboxylic acid groups (broad SMARTS) is 1. The highest BCUT2D eigenvalue weighted by atomic mass is 35.5. The van der Waals surface area contributed by atoms with Gasteiger partial charge in [0.05, 0.1) is 25.3 Å². The van der Waals surface area contributed by atoms with Crippen molar-refractivity contribution in [1.29, 1.82) is 0 Å². The van der Waals surface area contributed by atoms with Crippen molar-refractivity contribution in [2.45, 2.75) is 13.0 Å². The molecule has 0 radical (unpaired) electrons. The number of urea groups is 1. The number of hydrogen-bond donors (Lipinski definition) is 2. The van der Waals surface area contributed by atoms with E-state index in [-0.39, 0.29) is 11.6 Å². The van der Waals surface area contributed by atoms with E-state index in [0.717, 1.165) is 36.3 Å². The topological polar surface area (TPSA) is 82.1 Å². The first-order chi connectivity index (χ1) is 16.1. The van der Waals surface area contributed by atoms with E-state index in [2.05, 4.69) is 35.1 Å². The average molecular weight is 472 g/mol. The summed E-state index contributed by atoms with van der Waals surface area (Å²) in [7, 11) is 0. The summed E-state index contributed by atoms with van der Waals surface area (Å²) in [5, 5.41) is 12.5. The minimum atomic E-state index is -0.962. The van der Waals surface area contributed by atoms with Crippen LogP contribution in [-0.4, -0.2) is 67.8 Å². The summed E-state index contributed by atoms with van der Waals surface area (Å²) in [6, 6.07) is 14.7. The number of benzene rings is 2. The Kier molecular flexibility index (Phi) is 9.30. The van der Waals surface area contributed by atoms with Crippen LogP contribution >= 0.6 is 11.6 Å². The number of anilines is 1. The van der Waals surface area contributed by atoms with Crippen LogP contribution in [0.1, 0.15) is 27.9 Å². The number of nitrogens with one attached hydrogen (secondary N) is 1. The summed E-state index contributed by atoms with van der Waals surface area (Å²) >= 11 is 4.64. The van der Waals surface area contributed by atoms with Crippen molar-refractivity contribution in [2.24, 2.45) is 0 Å². The van der Waals surface area contributed by atoms with E-state index in [9.17, 15) is 9.59 Å². The molecule has 2 aliphatic heterocycles. The largest absolute Gasteiger partial charge is 0.478 e. The van der Waals surface area contributed by atoms with Gasteiger partial charge >= 0.3 is 12.0 Å². The number of rotatable bonds is 5. The first-order valence-electron chi connectivity index (χ1n) is 11.0. The zero-order valence-electron chi connectivity index (χ0n) is 18.8. The molecule has 2 aromatic rings. The molecule has 0 spiro atoms. The maximum absolute atomic E-state index is 13.4. The lowest BCUT2D eigenvalue weighted by Crippen LogP contribution is -2.48. The van der Waals surface area contributed by atoms with Crippen molar-refractivity contribution in [3.8, 4) is 0 Å². The lowest BCUT2D eigenvalue weighted by molar-refractivity contribution is 0.0548. The minimum absolute atomic E-state index is 0.0675. The van der Waals surface area contributed by atoms with Gasteiger partial charge in [0.1, 0.15) is 0 Å². The Morgan fingerprint density at radius 3 is 2.48 bits per heavy atom. The van der Waals surface area contributed by atoms with E-state index in [1.807, 2.05) is 17.0 Å². The van der Waals surface area contributed by atoms with Gasteiger partial charge in [-0.1, -0.05) is 30.3 Å². The third kappa shape index (κ3) is 6.57. The van der Waals surface area contributed by atoms with Crippen LogP contribution in [0.3, 0.4) is 0 Å². The van der Waals surface area contributed by atoms with Crippen LogP contribution in [0.4, 0.5) is 10.5 Å². The van der Waals surface area contributed by atoms with Crippen molar-refractivity contribution in [2.75, 3.05) is 50.7 Å². The fraction of sp³-hybridized carbons (Fsp3) is 0.360. The molecule has 8 heteroatoms. The Morgan fingerprint density at radius 1 is 1.12 bits per heavy atom. The summed E-state index contributed by atoms with van der Waals surface area (Å²) in [5.74, 6) is -0.962. The highest BCUT2D eigenvalue weighted by molar-refractivity contribution is 6.15. The lowest BCUT2D eigenvalue weighted by Gasteiger charge is -2.33. The Hall–Kier alpha value is -2.87. The molecule has 0 saturated carbocycles. The van der Waals surface area contributed by atoms with Crippen molar-refractivity contribution in [1.82, 2.24) is 10.2 Å². The number of amides is 2. The van der Waals surface area contributed by atoms with Gasteiger partial charge in [-0.05, 0) is 53.9 Å². The maximum atomic E-state index is 13.4. The van der Waals surface area contributed by atoms with E-state index in [1.54, 1.807) is 29.2 Å². The number of carbonyl (C=O) groups excluding carboxylic acids is 1. The minimum Gasteiger partial charge on any atom is -0.478 e. The molecule has 33 heavy (non-hydrogen) atoms. The van der Waals surface area contributed by atoms with E-state index < -0.39 is 5.97 Å². The van der Waals surface area contributed by atoms with Gasteiger partial charge in [0.25, 0.3) is 0 Å². The number of halogens is 1. The van der Waals surface area contributed by atoms with Crippen LogP contribution < -0.4 is 10.2 Å². The molecule has 0 aromatic heterocycles. The number of nitrogens with zero attached hydrogens (tertiary/aromatic N) is 2. The predicted molar refractivity (Wildman–Crippen MR) is 131 cm³/mol. The van der Waals surface area contributed by atoms with Gasteiger partial charge in [0.15, 0.2) is 0 Å². The van der Waals surface area contributed by atoms with Crippen LogP contribution in [0.5, 0.6) is 0 Å². The molecular weight excluding hydrogens is 442 g/mol. The molecule has 0 aliphatic carbocycles. The molecule has 1 fully saturated rings. The van der Waals surface area contributed by atoms with Gasteiger partial charge in [-0.25, -0.2) is 9.59 Å². The summed E-state index contributed by atoms with van der Waals surface area (Å²) in [4.78, 5) is 28.2. The molecule has 4 rings (SSSR count). The van der Waals surface area contributed by atoms with Crippen LogP contribution in [0.25, 0.3) is 5.57 Å². The summed E-state index contributed by atoms with van der Waals surface area (Å²) in [5.41, 5.74) is 4.34. The van der Waals surface area contributed by atoms with Gasteiger partial charge in [0, 0.05) is 31.7 Å². The van der Waals surface area contributed by atoms with Crippen molar-refractivity contribution < 1.29 is 19.4 Å². The second-order valence-corrected chi connectivity index (χ2v) is 7.70. The first kappa shape index (κ1) is 24.8. The third-order valence-electron chi connectivity index (χ3n) is 5.65. The lowest BCUT2D eigenvalue weighted by atomic mass is 9.99. The molecular formula is C25H30ClN3O4. The quantitative estimate of drug-likeness (QED) is 0.642. The molecule has 2 heterocycles. The van der Waals surface area contributed by atoms with Gasteiger partial charge in [-0.15, -0.1) is 11.6 Å². The molecule has 7 nitrogen and oxygen atoms in total. The number of hydrogen-bond acceptors (Lipinski definition) is 4. The summed E-state index contributed by atoms with van der Waals surface area (Å²) < 4.78 is 5.41. The molecule has 0 unspecified atom stereocenters. The van der Waals surface area contributed by atoms with Crippen LogP contribution in [0.2, 0.25) is 0 Å². The standard InChI is InChI=1S/C24H27N3O4.CH3Cl/c28-23(29)20-6-4-18(5-7-20)17-27(24(30)26-12-14-31-15-13-26)22-3-1-2-21(16-22)19-8-10-25-11-9-19;1-2/h1-8,16,25H,9-15,17H2,(H,28,29);1H3. The monoisotopic (exact) mass is 471 g/mol. The number of alkyl halides is 1. The summed E-state index contributed by atoms with van der Waals surface area (Å²) in [6.07, 6.45) is 4.62. The van der Waals surface area contributed by atoms with Crippen molar-refractivity contribution >= 4 is 34.9 Å². The average Bonchev–Trinajstić information content (AvgIpc) is 2.89. The van der Waals surface area contributed by atoms with Gasteiger partial charge < -0.3 is 20.1 Å². The predicted octanol–water partition coefficient (Wildman–Crippen LogP) is 4.08. The SMILES string of the molecule is CCl.O=C(O)c1ccc(CN(C(=O)N2CCOCC2)c2cccc(C3=CCNCC3)c2)cc1. The smallest absolute Gasteiger partial charge is 0.335 e. The normalized spacial score (nSPS) is 15.7. The Balaban J connectivity index is 0.00000149. The van der Waals surface area contributed by atoms with E-state index >= 15 is 0 Å². The molecule has 2 aromatic carbocycles. The first-order valence-corrected chi connectivity index (χ1v) is 11.7. The zero-order valence-corrected chi connectivity index (χ0v) is 19.6. The van der Waals surface area contributed by atoms with Gasteiger partial charge in [-0.3, -0.25) is 4.90 Å². The summed E-state index contributed by atoms with van der Waals surface area (Å²) in [6.45, 7) is 4.35. The second kappa shape index (κ2) is 12.4. The molecule has 2 aliphatic rings. The number of carboxylic acids is 1. The second-order valence-electron chi connectivity index (χ2n) is 7.70. The van der Waals surface area contributed by atoms with E-state index in [0.29, 0.717) is 32.8 Å². The number of carbonyl (C=O) groups is 2. The third-order valence-corrected chi connectivity index (χ3v) is 5.65. The van der Waals surface area contributed by atoms with Gasteiger partial charge in [0.2, 0.25) is 0 Å². The van der Waals surface area contributed by atoms with Gasteiger partial charge in [-0.2, -0.15) is 0 Å². The molecule has 1 saturated heterocycles. The van der Waals surface area contributed by atoms with E-state index in [4.69, 9.17) is 9.84 Å². The van der Waals surface area contributed by atoms with Crippen LogP contribution in [0, 0.1) is 0 Å².